The summed E-state index contributed by atoms with van der Waals surface area (Å²) in [5.74, 6) is 1.60. The van der Waals surface area contributed by atoms with Crippen LogP contribution in [0.4, 0.5) is 0 Å². The Morgan fingerprint density at radius 3 is 2.75 bits per heavy atom. The highest BCUT2D eigenvalue weighted by atomic mass is 16.5. The van der Waals surface area contributed by atoms with Crippen LogP contribution in [0.3, 0.4) is 0 Å². The summed E-state index contributed by atoms with van der Waals surface area (Å²) in [5, 5.41) is 9.05. The first-order valence-electron chi connectivity index (χ1n) is 3.97. The number of hydrogen-bond donors (Lipinski definition) is 1. The minimum Gasteiger partial charge on any atom is -0.464 e. The van der Waals surface area contributed by atoms with Crippen LogP contribution in [-0.2, 0) is 17.8 Å². The fraction of sp³-hybridized carbons (Fsp3) is 0.556. The summed E-state index contributed by atoms with van der Waals surface area (Å²) in [6.07, 6.45) is 0.204. The van der Waals surface area contributed by atoms with Gasteiger partial charge in [-0.15, -0.1) is 0 Å². The van der Waals surface area contributed by atoms with Gasteiger partial charge in [0.05, 0.1) is 6.10 Å². The third kappa shape index (κ3) is 2.68. The van der Waals surface area contributed by atoms with Gasteiger partial charge >= 0.3 is 0 Å². The number of furan rings is 1. The molecule has 0 bridgehead atoms. The molecule has 0 radical (unpaired) electrons. The second-order valence-corrected chi connectivity index (χ2v) is 2.85. The molecular weight excluding hydrogens is 156 g/mol. The smallest absolute Gasteiger partial charge is 0.129 e. The number of rotatable bonds is 4. The topological polar surface area (TPSA) is 42.6 Å². The second-order valence-electron chi connectivity index (χ2n) is 2.85. The summed E-state index contributed by atoms with van der Waals surface area (Å²) < 4.78 is 10.2. The molecule has 0 aliphatic heterocycles. The van der Waals surface area contributed by atoms with E-state index in [1.165, 1.54) is 0 Å². The van der Waals surface area contributed by atoms with Crippen LogP contribution in [0.25, 0.3) is 0 Å². The van der Waals surface area contributed by atoms with E-state index in [1.54, 1.807) is 14.0 Å². The molecule has 0 spiro atoms. The van der Waals surface area contributed by atoms with Gasteiger partial charge in [-0.3, -0.25) is 0 Å². The molecule has 1 rings (SSSR count). The molecule has 1 aromatic heterocycles. The minimum atomic E-state index is -0.355. The molecule has 0 aliphatic rings. The third-order valence-electron chi connectivity index (χ3n) is 1.50. The van der Waals surface area contributed by atoms with Crippen LogP contribution >= 0.6 is 0 Å². The predicted octanol–water partition coefficient (Wildman–Crippen LogP) is 1.35. The summed E-state index contributed by atoms with van der Waals surface area (Å²) in [6.45, 7) is 2.22. The molecule has 0 aromatic carbocycles. The van der Waals surface area contributed by atoms with E-state index < -0.39 is 0 Å². The summed E-state index contributed by atoms with van der Waals surface area (Å²) >= 11 is 0. The number of aliphatic hydroxyl groups is 1. The highest BCUT2D eigenvalue weighted by Crippen LogP contribution is 2.10. The third-order valence-corrected chi connectivity index (χ3v) is 1.50. The van der Waals surface area contributed by atoms with E-state index in [4.69, 9.17) is 14.3 Å². The molecule has 0 saturated heterocycles. The lowest BCUT2D eigenvalue weighted by Gasteiger charge is -1.99. The van der Waals surface area contributed by atoms with Gasteiger partial charge in [0.2, 0.25) is 0 Å². The van der Waals surface area contributed by atoms with Crippen molar-refractivity contribution in [2.45, 2.75) is 26.1 Å². The van der Waals surface area contributed by atoms with E-state index in [0.29, 0.717) is 13.0 Å². The lowest BCUT2D eigenvalue weighted by Crippen LogP contribution is -2.02. The van der Waals surface area contributed by atoms with Gasteiger partial charge in [0, 0.05) is 13.5 Å². The molecule has 1 heterocycles. The van der Waals surface area contributed by atoms with Crippen LogP contribution in [0.1, 0.15) is 18.4 Å². The van der Waals surface area contributed by atoms with Crippen LogP contribution in [0, 0.1) is 0 Å². The van der Waals surface area contributed by atoms with Crippen molar-refractivity contribution in [1.29, 1.82) is 0 Å². The van der Waals surface area contributed by atoms with Gasteiger partial charge in [-0.25, -0.2) is 0 Å². The highest BCUT2D eigenvalue weighted by Gasteiger charge is 2.04. The first-order valence-corrected chi connectivity index (χ1v) is 3.97. The Morgan fingerprint density at radius 1 is 1.50 bits per heavy atom. The van der Waals surface area contributed by atoms with E-state index in [-0.39, 0.29) is 6.10 Å². The molecule has 3 heteroatoms. The Morgan fingerprint density at radius 2 is 2.17 bits per heavy atom. The summed E-state index contributed by atoms with van der Waals surface area (Å²) in [7, 11) is 1.62. The van der Waals surface area contributed by atoms with Gasteiger partial charge in [0.25, 0.3) is 0 Å². The maximum Gasteiger partial charge on any atom is 0.129 e. The Hall–Kier alpha value is -0.800. The van der Waals surface area contributed by atoms with E-state index >= 15 is 0 Å². The van der Waals surface area contributed by atoms with Gasteiger partial charge in [0.15, 0.2) is 0 Å². The summed E-state index contributed by atoms with van der Waals surface area (Å²) in [6, 6.07) is 3.72. The molecule has 0 unspecified atom stereocenters. The van der Waals surface area contributed by atoms with Crippen molar-refractivity contribution >= 4 is 0 Å². The molecule has 0 fully saturated rings. The summed E-state index contributed by atoms with van der Waals surface area (Å²) in [5.41, 5.74) is 0. The van der Waals surface area contributed by atoms with Gasteiger partial charge in [-0.1, -0.05) is 0 Å². The largest absolute Gasteiger partial charge is 0.464 e. The monoisotopic (exact) mass is 170 g/mol. The van der Waals surface area contributed by atoms with E-state index in [2.05, 4.69) is 0 Å². The van der Waals surface area contributed by atoms with E-state index in [9.17, 15) is 0 Å². The van der Waals surface area contributed by atoms with Crippen molar-refractivity contribution in [3.05, 3.63) is 23.7 Å². The molecule has 68 valence electrons. The quantitative estimate of drug-likeness (QED) is 0.741. The van der Waals surface area contributed by atoms with Crippen LogP contribution in [0.15, 0.2) is 16.5 Å². The van der Waals surface area contributed by atoms with E-state index in [0.717, 1.165) is 11.5 Å². The first kappa shape index (κ1) is 9.29. The molecule has 12 heavy (non-hydrogen) atoms. The molecule has 1 atom stereocenters. The van der Waals surface area contributed by atoms with Crippen LogP contribution in [0.5, 0.6) is 0 Å². The molecule has 0 amide bonds. The van der Waals surface area contributed by atoms with E-state index in [1.807, 2.05) is 12.1 Å². The maximum atomic E-state index is 9.05. The van der Waals surface area contributed by atoms with Gasteiger partial charge in [0.1, 0.15) is 18.1 Å². The number of ether oxygens (including phenoxy) is 1. The summed E-state index contributed by atoms with van der Waals surface area (Å²) in [4.78, 5) is 0. The molecule has 0 saturated carbocycles. The zero-order valence-corrected chi connectivity index (χ0v) is 7.41. The maximum absolute atomic E-state index is 9.05. The average molecular weight is 170 g/mol. The SMILES string of the molecule is COCc1ccc(C[C@@H](C)O)o1. The standard InChI is InChI=1S/C9H14O3/c1-7(10)5-8-3-4-9(12-8)6-11-2/h3-4,7,10H,5-6H2,1-2H3/t7-/m1/s1. The highest BCUT2D eigenvalue weighted by molar-refractivity contribution is 5.07. The van der Waals surface area contributed by atoms with Crippen LogP contribution < -0.4 is 0 Å². The zero-order valence-electron chi connectivity index (χ0n) is 7.41. The molecule has 0 aliphatic carbocycles. The van der Waals surface area contributed by atoms with Crippen molar-refractivity contribution in [3.63, 3.8) is 0 Å². The Bertz CT molecular complexity index is 227. The van der Waals surface area contributed by atoms with Crippen molar-refractivity contribution in [3.8, 4) is 0 Å². The number of hydrogen-bond acceptors (Lipinski definition) is 3. The van der Waals surface area contributed by atoms with Gasteiger partial charge < -0.3 is 14.3 Å². The first-order chi connectivity index (χ1) is 5.72. The van der Waals surface area contributed by atoms with Crippen molar-refractivity contribution in [2.24, 2.45) is 0 Å². The normalized spacial score (nSPS) is 13.2. The van der Waals surface area contributed by atoms with Gasteiger partial charge in [-0.05, 0) is 19.1 Å². The van der Waals surface area contributed by atoms with Crippen molar-refractivity contribution in [2.75, 3.05) is 7.11 Å². The molecule has 1 N–H and O–H groups in total. The second kappa shape index (κ2) is 4.28. The van der Waals surface area contributed by atoms with Crippen LogP contribution in [0.2, 0.25) is 0 Å². The number of aliphatic hydroxyl groups excluding tert-OH is 1. The zero-order chi connectivity index (χ0) is 8.97. The Balaban J connectivity index is 2.52. The van der Waals surface area contributed by atoms with Crippen molar-refractivity contribution in [1.82, 2.24) is 0 Å². The Labute approximate surface area is 72.0 Å². The van der Waals surface area contributed by atoms with Gasteiger partial charge in [-0.2, -0.15) is 0 Å². The predicted molar refractivity (Wildman–Crippen MR) is 44.8 cm³/mol. The Kier molecular flexibility index (Phi) is 3.31. The number of methoxy groups -OCH3 is 1. The molecule has 3 nitrogen and oxygen atoms in total. The van der Waals surface area contributed by atoms with Crippen molar-refractivity contribution < 1.29 is 14.3 Å². The fourth-order valence-corrected chi connectivity index (χ4v) is 1.04. The molecular formula is C9H14O3. The van der Waals surface area contributed by atoms with Crippen LogP contribution in [-0.4, -0.2) is 18.3 Å². The lowest BCUT2D eigenvalue weighted by atomic mass is 10.2. The average Bonchev–Trinajstić information content (AvgIpc) is 2.36. The lowest BCUT2D eigenvalue weighted by molar-refractivity contribution is 0.157. The molecule has 1 aromatic rings. The fourth-order valence-electron chi connectivity index (χ4n) is 1.04. The minimum absolute atomic E-state index is 0.355.